The van der Waals surface area contributed by atoms with Gasteiger partial charge in [0.25, 0.3) is 5.91 Å². The van der Waals surface area contributed by atoms with E-state index in [1.807, 2.05) is 0 Å². The van der Waals surface area contributed by atoms with Gasteiger partial charge in [0.2, 0.25) is 10.0 Å². The molecule has 138 valence electrons. The molecule has 1 N–H and O–H groups in total. The molecular weight excluding hydrogens is 354 g/mol. The number of hydrogen-bond donors (Lipinski definition) is 1. The predicted molar refractivity (Wildman–Crippen MR) is 96.4 cm³/mol. The molecule has 0 bridgehead atoms. The maximum atomic E-state index is 12.7. The molecule has 0 unspecified atom stereocenters. The number of hydrogen-bond acceptors (Lipinski definition) is 5. The summed E-state index contributed by atoms with van der Waals surface area (Å²) in [5, 5.41) is 0. The number of ether oxygens (including phenoxy) is 1. The van der Waals surface area contributed by atoms with Crippen molar-refractivity contribution in [3.8, 4) is 5.75 Å². The van der Waals surface area contributed by atoms with Crippen LogP contribution in [0.25, 0.3) is 0 Å². The minimum absolute atomic E-state index is 0.0248. The first kappa shape index (κ1) is 18.3. The Hall–Kier alpha value is -2.45. The number of amides is 1. The molecule has 1 aromatic carbocycles. The molecule has 7 nitrogen and oxygen atoms in total. The number of sulfonamides is 1. The lowest BCUT2D eigenvalue weighted by Crippen LogP contribution is -2.29. The molecule has 0 aliphatic carbocycles. The number of pyridine rings is 1. The lowest BCUT2D eigenvalue weighted by atomic mass is 10.1. The van der Waals surface area contributed by atoms with Gasteiger partial charge < -0.3 is 9.64 Å². The van der Waals surface area contributed by atoms with Crippen molar-refractivity contribution in [2.45, 2.75) is 24.3 Å². The maximum Gasteiger partial charge on any atom is 0.257 e. The Morgan fingerprint density at radius 3 is 2.65 bits per heavy atom. The molecule has 1 fully saturated rings. The molecule has 1 saturated heterocycles. The number of nitrogens with one attached hydrogen (secondary N) is 1. The fourth-order valence-corrected chi connectivity index (χ4v) is 3.89. The van der Waals surface area contributed by atoms with E-state index in [1.165, 1.54) is 25.3 Å². The van der Waals surface area contributed by atoms with E-state index in [1.54, 1.807) is 29.3 Å². The topological polar surface area (TPSA) is 88.6 Å². The van der Waals surface area contributed by atoms with Gasteiger partial charge in [0.05, 0.1) is 29.8 Å². The van der Waals surface area contributed by atoms with Gasteiger partial charge in [-0.15, -0.1) is 0 Å². The van der Waals surface area contributed by atoms with Gasteiger partial charge in [-0.25, -0.2) is 13.1 Å². The first-order valence-electron chi connectivity index (χ1n) is 8.38. The molecule has 0 radical (unpaired) electrons. The SMILES string of the molecule is COc1ccc(S(=O)(=O)NCc2ccccn2)cc1C(=O)N1CCCC1. The molecule has 8 heteroatoms. The number of nitrogens with zero attached hydrogens (tertiary/aromatic N) is 2. The molecular formula is C18H21N3O4S. The number of rotatable bonds is 6. The third-order valence-corrected chi connectivity index (χ3v) is 5.67. The highest BCUT2D eigenvalue weighted by molar-refractivity contribution is 7.89. The van der Waals surface area contributed by atoms with E-state index < -0.39 is 10.0 Å². The molecule has 1 aliphatic heterocycles. The van der Waals surface area contributed by atoms with E-state index in [-0.39, 0.29) is 22.9 Å². The van der Waals surface area contributed by atoms with E-state index in [2.05, 4.69) is 9.71 Å². The first-order valence-corrected chi connectivity index (χ1v) is 9.86. The molecule has 3 rings (SSSR count). The number of methoxy groups -OCH3 is 1. The van der Waals surface area contributed by atoms with Crippen molar-refractivity contribution in [1.29, 1.82) is 0 Å². The van der Waals surface area contributed by atoms with Crippen molar-refractivity contribution in [1.82, 2.24) is 14.6 Å². The number of aromatic nitrogens is 1. The molecule has 0 saturated carbocycles. The predicted octanol–water partition coefficient (Wildman–Crippen LogP) is 1.80. The van der Waals surface area contributed by atoms with Crippen molar-refractivity contribution in [3.63, 3.8) is 0 Å². The molecule has 1 amide bonds. The number of carbonyl (C=O) groups is 1. The quantitative estimate of drug-likeness (QED) is 0.832. The third kappa shape index (κ3) is 4.03. The van der Waals surface area contributed by atoms with Crippen molar-refractivity contribution in [2.24, 2.45) is 0 Å². The maximum absolute atomic E-state index is 12.7. The fraction of sp³-hybridized carbons (Fsp3) is 0.333. The van der Waals surface area contributed by atoms with E-state index in [0.717, 1.165) is 12.8 Å². The minimum atomic E-state index is -3.78. The Morgan fingerprint density at radius 2 is 2.00 bits per heavy atom. The number of carbonyl (C=O) groups excluding carboxylic acids is 1. The van der Waals surface area contributed by atoms with Crippen LogP contribution in [0, 0.1) is 0 Å². The molecule has 2 heterocycles. The second-order valence-corrected chi connectivity index (χ2v) is 7.77. The third-order valence-electron chi connectivity index (χ3n) is 4.27. The summed E-state index contributed by atoms with van der Waals surface area (Å²) in [4.78, 5) is 18.5. The summed E-state index contributed by atoms with van der Waals surface area (Å²) in [5.41, 5.74) is 0.869. The summed E-state index contributed by atoms with van der Waals surface area (Å²) in [6, 6.07) is 9.60. The zero-order valence-electron chi connectivity index (χ0n) is 14.5. The van der Waals surface area contributed by atoms with Crippen LogP contribution in [0.15, 0.2) is 47.5 Å². The summed E-state index contributed by atoms with van der Waals surface area (Å²) in [6.07, 6.45) is 3.51. The van der Waals surface area contributed by atoms with Gasteiger partial charge in [0.15, 0.2) is 0 Å². The highest BCUT2D eigenvalue weighted by Gasteiger charge is 2.25. The van der Waals surface area contributed by atoms with Crippen molar-refractivity contribution in [3.05, 3.63) is 53.9 Å². The second kappa shape index (κ2) is 7.84. The van der Waals surface area contributed by atoms with Crippen LogP contribution in [0.4, 0.5) is 0 Å². The highest BCUT2D eigenvalue weighted by Crippen LogP contribution is 2.25. The Balaban J connectivity index is 1.84. The molecule has 26 heavy (non-hydrogen) atoms. The Kier molecular flexibility index (Phi) is 5.53. The van der Waals surface area contributed by atoms with Gasteiger partial charge in [-0.05, 0) is 43.2 Å². The van der Waals surface area contributed by atoms with Gasteiger partial charge >= 0.3 is 0 Å². The molecule has 1 aliphatic rings. The largest absolute Gasteiger partial charge is 0.496 e. The smallest absolute Gasteiger partial charge is 0.257 e. The monoisotopic (exact) mass is 375 g/mol. The zero-order chi connectivity index (χ0) is 18.6. The van der Waals surface area contributed by atoms with Gasteiger partial charge in [0.1, 0.15) is 5.75 Å². The van der Waals surface area contributed by atoms with Crippen LogP contribution in [-0.4, -0.2) is 44.4 Å². The second-order valence-electron chi connectivity index (χ2n) is 6.01. The summed E-state index contributed by atoms with van der Waals surface area (Å²) in [5.74, 6) is 0.159. The summed E-state index contributed by atoms with van der Waals surface area (Å²) < 4.78 is 33.0. The van der Waals surface area contributed by atoms with Crippen LogP contribution in [0.1, 0.15) is 28.9 Å². The average Bonchev–Trinajstić information content (AvgIpc) is 3.21. The van der Waals surface area contributed by atoms with Gasteiger partial charge in [-0.2, -0.15) is 0 Å². The van der Waals surface area contributed by atoms with Crippen LogP contribution in [0.5, 0.6) is 5.75 Å². The first-order chi connectivity index (χ1) is 12.5. The summed E-state index contributed by atoms with van der Waals surface area (Å²) in [7, 11) is -2.32. The Bertz CT molecular complexity index is 879. The standard InChI is InChI=1S/C18H21N3O4S/c1-25-17-8-7-15(12-16(17)18(22)21-10-4-5-11-21)26(23,24)20-13-14-6-2-3-9-19-14/h2-3,6-9,12,20H,4-5,10-11,13H2,1H3. The van der Waals surface area contributed by atoms with Gasteiger partial charge in [-0.3, -0.25) is 9.78 Å². The van der Waals surface area contributed by atoms with Crippen LogP contribution in [0.2, 0.25) is 0 Å². The van der Waals surface area contributed by atoms with E-state index in [4.69, 9.17) is 4.74 Å². The molecule has 0 spiro atoms. The van der Waals surface area contributed by atoms with Gasteiger partial charge in [-0.1, -0.05) is 6.07 Å². The van der Waals surface area contributed by atoms with Crippen LogP contribution < -0.4 is 9.46 Å². The van der Waals surface area contributed by atoms with Crippen LogP contribution in [-0.2, 0) is 16.6 Å². The van der Waals surface area contributed by atoms with Crippen molar-refractivity contribution < 1.29 is 17.9 Å². The number of likely N-dealkylation sites (tertiary alicyclic amines) is 1. The highest BCUT2D eigenvalue weighted by atomic mass is 32.2. The molecule has 2 aromatic rings. The minimum Gasteiger partial charge on any atom is -0.496 e. The Labute approximate surface area is 153 Å². The van der Waals surface area contributed by atoms with E-state index in [9.17, 15) is 13.2 Å². The summed E-state index contributed by atoms with van der Waals surface area (Å²) in [6.45, 7) is 1.43. The fourth-order valence-electron chi connectivity index (χ4n) is 2.87. The van der Waals surface area contributed by atoms with E-state index in [0.29, 0.717) is 24.5 Å². The lowest BCUT2D eigenvalue weighted by Gasteiger charge is -2.18. The van der Waals surface area contributed by atoms with E-state index >= 15 is 0 Å². The zero-order valence-corrected chi connectivity index (χ0v) is 15.3. The Morgan fingerprint density at radius 1 is 1.23 bits per heavy atom. The van der Waals surface area contributed by atoms with Crippen molar-refractivity contribution in [2.75, 3.05) is 20.2 Å². The van der Waals surface area contributed by atoms with Crippen molar-refractivity contribution >= 4 is 15.9 Å². The summed E-state index contributed by atoms with van der Waals surface area (Å²) >= 11 is 0. The van der Waals surface area contributed by atoms with Gasteiger partial charge in [0, 0.05) is 19.3 Å². The van der Waals surface area contributed by atoms with Crippen LogP contribution in [0.3, 0.4) is 0 Å². The van der Waals surface area contributed by atoms with Crippen LogP contribution >= 0.6 is 0 Å². The lowest BCUT2D eigenvalue weighted by molar-refractivity contribution is 0.0789. The molecule has 0 atom stereocenters. The normalized spacial score (nSPS) is 14.4. The number of benzene rings is 1. The average molecular weight is 375 g/mol. The molecule has 1 aromatic heterocycles.